The lowest BCUT2D eigenvalue weighted by Crippen LogP contribution is -2.25. The second kappa shape index (κ2) is 16.1. The molecule has 11 heteroatoms. The number of nitrogens with two attached hydrogens (primary N) is 1. The molecule has 4 aromatic rings. The molecule has 0 heterocycles. The fourth-order valence-electron chi connectivity index (χ4n) is 3.11. The van der Waals surface area contributed by atoms with Crippen LogP contribution in [0, 0.1) is 0 Å². The number of hydrogen-bond donors (Lipinski definition) is 2. The molecule has 4 aromatic carbocycles. The first kappa shape index (κ1) is 28.6. The van der Waals surface area contributed by atoms with Crippen molar-refractivity contribution in [3.8, 4) is 0 Å². The maximum absolute atomic E-state index is 11.8. The van der Waals surface area contributed by atoms with Gasteiger partial charge >= 0.3 is 0 Å². The largest absolute Gasteiger partial charge is 0.352 e. The van der Waals surface area contributed by atoms with Gasteiger partial charge in [-0.25, -0.2) is 0 Å². The Bertz CT molecular complexity index is 1450. The predicted molar refractivity (Wildman–Crippen MR) is 147 cm³/mol. The highest BCUT2D eigenvalue weighted by Crippen LogP contribution is 2.17. The van der Waals surface area contributed by atoms with Crippen LogP contribution in [0.25, 0.3) is 42.4 Å². The van der Waals surface area contributed by atoms with Crippen LogP contribution in [0.2, 0.25) is 0 Å². The SMILES string of the molecule is O=C(Cl)c1ccc2ccccc2c1.[N-]=[N+]=NCCN.[N-]=[N+]=NCCNC(=O)c1ccc2ccccc2c1. The Morgan fingerprint density at radius 3 is 1.73 bits per heavy atom. The lowest BCUT2D eigenvalue weighted by atomic mass is 10.1. The summed E-state index contributed by atoms with van der Waals surface area (Å²) in [5, 5.41) is 13.1. The van der Waals surface area contributed by atoms with Gasteiger partial charge in [0, 0.05) is 40.6 Å². The van der Waals surface area contributed by atoms with Gasteiger partial charge in [0.1, 0.15) is 0 Å². The maximum atomic E-state index is 11.8. The normalized spacial score (nSPS) is 9.46. The molecule has 0 atom stereocenters. The number of nitrogens with one attached hydrogen (secondary N) is 1. The van der Waals surface area contributed by atoms with Gasteiger partial charge in [0.15, 0.2) is 0 Å². The van der Waals surface area contributed by atoms with E-state index in [4.69, 9.17) is 28.4 Å². The molecule has 0 aliphatic carbocycles. The quantitative estimate of drug-likeness (QED) is 0.0959. The van der Waals surface area contributed by atoms with Gasteiger partial charge in [-0.05, 0) is 75.0 Å². The third-order valence-electron chi connectivity index (χ3n) is 4.84. The first-order valence-electron chi connectivity index (χ1n) is 11.2. The topological polar surface area (TPSA) is 170 Å². The Balaban J connectivity index is 0.000000221. The Morgan fingerprint density at radius 1 is 0.757 bits per heavy atom. The van der Waals surface area contributed by atoms with Crippen molar-refractivity contribution in [2.45, 2.75) is 0 Å². The maximum Gasteiger partial charge on any atom is 0.252 e. The average molecular weight is 517 g/mol. The smallest absolute Gasteiger partial charge is 0.252 e. The van der Waals surface area contributed by atoms with Crippen LogP contribution >= 0.6 is 11.6 Å². The van der Waals surface area contributed by atoms with Crippen molar-refractivity contribution in [1.29, 1.82) is 0 Å². The number of rotatable bonds is 7. The van der Waals surface area contributed by atoms with E-state index in [9.17, 15) is 9.59 Å². The summed E-state index contributed by atoms with van der Waals surface area (Å²) >= 11 is 5.36. The molecule has 4 rings (SSSR count). The summed E-state index contributed by atoms with van der Waals surface area (Å²) in [5.74, 6) is -0.158. The van der Waals surface area contributed by atoms with Crippen LogP contribution < -0.4 is 11.1 Å². The first-order chi connectivity index (χ1) is 18.0. The highest BCUT2D eigenvalue weighted by atomic mass is 35.5. The summed E-state index contributed by atoms with van der Waals surface area (Å²) in [6, 6.07) is 26.7. The molecule has 188 valence electrons. The van der Waals surface area contributed by atoms with Gasteiger partial charge in [-0.1, -0.05) is 70.9 Å². The first-order valence-corrected chi connectivity index (χ1v) is 11.6. The monoisotopic (exact) mass is 516 g/mol. The van der Waals surface area contributed by atoms with Crippen LogP contribution in [0.1, 0.15) is 20.7 Å². The molecule has 37 heavy (non-hydrogen) atoms. The zero-order valence-corrected chi connectivity index (χ0v) is 20.6. The van der Waals surface area contributed by atoms with Crippen LogP contribution in [-0.4, -0.2) is 37.3 Å². The lowest BCUT2D eigenvalue weighted by Gasteiger charge is -2.04. The zero-order valence-electron chi connectivity index (χ0n) is 19.9. The number of carbonyl (C=O) groups excluding carboxylic acids is 2. The van der Waals surface area contributed by atoms with Crippen LogP contribution in [0.15, 0.2) is 95.2 Å². The fraction of sp³-hybridized carbons (Fsp3) is 0.154. The van der Waals surface area contributed by atoms with Crippen molar-refractivity contribution in [2.24, 2.45) is 16.0 Å². The van der Waals surface area contributed by atoms with Gasteiger partial charge in [0.25, 0.3) is 11.1 Å². The number of halogens is 1. The van der Waals surface area contributed by atoms with E-state index >= 15 is 0 Å². The molecule has 0 saturated heterocycles. The summed E-state index contributed by atoms with van der Waals surface area (Å²) in [7, 11) is 0. The summed E-state index contributed by atoms with van der Waals surface area (Å²) in [5.41, 5.74) is 21.8. The van der Waals surface area contributed by atoms with Crippen LogP contribution in [0.3, 0.4) is 0 Å². The van der Waals surface area contributed by atoms with E-state index in [1.807, 2.05) is 66.7 Å². The van der Waals surface area contributed by atoms with E-state index in [2.05, 4.69) is 25.4 Å². The minimum absolute atomic E-state index is 0.158. The number of amides is 1. The molecule has 0 bridgehead atoms. The van der Waals surface area contributed by atoms with Crippen molar-refractivity contribution in [1.82, 2.24) is 5.32 Å². The van der Waals surface area contributed by atoms with E-state index in [-0.39, 0.29) is 12.5 Å². The summed E-state index contributed by atoms with van der Waals surface area (Å²) in [6.07, 6.45) is 0. The van der Waals surface area contributed by atoms with E-state index in [1.165, 1.54) is 0 Å². The average Bonchev–Trinajstić information content (AvgIpc) is 2.94. The number of benzene rings is 4. The summed E-state index contributed by atoms with van der Waals surface area (Å²) < 4.78 is 0. The third-order valence-corrected chi connectivity index (χ3v) is 5.06. The van der Waals surface area contributed by atoms with Crippen molar-refractivity contribution in [2.75, 3.05) is 26.2 Å². The number of hydrogen-bond acceptors (Lipinski definition) is 5. The van der Waals surface area contributed by atoms with Gasteiger partial charge in [-0.3, -0.25) is 9.59 Å². The predicted octanol–water partition coefficient (Wildman–Crippen LogP) is 6.35. The van der Waals surface area contributed by atoms with Gasteiger partial charge in [-0.15, -0.1) is 0 Å². The van der Waals surface area contributed by atoms with Crippen LogP contribution in [0.4, 0.5) is 0 Å². The van der Waals surface area contributed by atoms with E-state index < -0.39 is 5.24 Å². The second-order valence-corrected chi connectivity index (χ2v) is 7.69. The zero-order chi connectivity index (χ0) is 26.9. The van der Waals surface area contributed by atoms with E-state index in [0.29, 0.717) is 30.8 Å². The van der Waals surface area contributed by atoms with Gasteiger partial charge in [-0.2, -0.15) is 0 Å². The van der Waals surface area contributed by atoms with Crippen molar-refractivity contribution in [3.05, 3.63) is 117 Å². The fourth-order valence-corrected chi connectivity index (χ4v) is 3.23. The Morgan fingerprint density at radius 2 is 1.24 bits per heavy atom. The molecule has 1 amide bonds. The Labute approximate surface area is 218 Å². The second-order valence-electron chi connectivity index (χ2n) is 7.35. The van der Waals surface area contributed by atoms with Crippen LogP contribution in [0.5, 0.6) is 0 Å². The van der Waals surface area contributed by atoms with Crippen molar-refractivity contribution in [3.63, 3.8) is 0 Å². The minimum atomic E-state index is -0.411. The molecule has 0 radical (unpaired) electrons. The highest BCUT2D eigenvalue weighted by Gasteiger charge is 2.05. The number of fused-ring (bicyclic) bond motifs is 2. The lowest BCUT2D eigenvalue weighted by molar-refractivity contribution is 0.0954. The molecular weight excluding hydrogens is 492 g/mol. The standard InChI is InChI=1S/C13H12N4O.C11H7ClO.C2H6N4/c14-17-16-8-7-15-13(18)12-6-5-10-3-1-2-4-11(10)9-12;12-11(13)10-6-5-8-3-1-2-4-9(8)7-10;3-1-2-5-6-4/h1-6,9H,7-8H2,(H,15,18);1-7H;1-3H2. The molecule has 0 aliphatic rings. The Kier molecular flexibility index (Phi) is 12.5. The number of nitrogens with zero attached hydrogens (tertiary/aromatic N) is 6. The van der Waals surface area contributed by atoms with E-state index in [1.54, 1.807) is 18.2 Å². The molecule has 3 N–H and O–H groups in total. The minimum Gasteiger partial charge on any atom is -0.352 e. The van der Waals surface area contributed by atoms with E-state index in [0.717, 1.165) is 21.5 Å². The molecule has 10 nitrogen and oxygen atoms in total. The highest BCUT2D eigenvalue weighted by molar-refractivity contribution is 6.67. The Hall–Kier alpha value is -4.59. The molecule has 0 aliphatic heterocycles. The van der Waals surface area contributed by atoms with Crippen molar-refractivity contribution < 1.29 is 9.59 Å². The molecular formula is C26H25ClN8O2. The molecule has 0 saturated carbocycles. The third kappa shape index (κ3) is 9.89. The number of azide groups is 2. The van der Waals surface area contributed by atoms with Crippen molar-refractivity contribution >= 4 is 44.3 Å². The summed E-state index contributed by atoms with van der Waals surface area (Å²) in [4.78, 5) is 27.8. The van der Waals surface area contributed by atoms with Crippen LogP contribution in [-0.2, 0) is 0 Å². The number of carbonyl (C=O) groups is 2. The van der Waals surface area contributed by atoms with Gasteiger partial charge in [0.05, 0.1) is 0 Å². The van der Waals surface area contributed by atoms with Gasteiger partial charge < -0.3 is 11.1 Å². The molecule has 0 aromatic heterocycles. The summed E-state index contributed by atoms with van der Waals surface area (Å²) in [6.45, 7) is 1.44. The molecule has 0 spiro atoms. The molecule has 0 fully saturated rings. The molecule has 0 unspecified atom stereocenters. The van der Waals surface area contributed by atoms with Gasteiger partial charge in [0.2, 0.25) is 0 Å².